The first-order chi connectivity index (χ1) is 11.7. The van der Waals surface area contributed by atoms with E-state index < -0.39 is 0 Å². The number of hydrogen-bond donors (Lipinski definition) is 2. The Morgan fingerprint density at radius 1 is 1.17 bits per heavy atom. The lowest BCUT2D eigenvalue weighted by Gasteiger charge is -2.29. The van der Waals surface area contributed by atoms with Gasteiger partial charge in [-0.2, -0.15) is 0 Å². The molecule has 0 radical (unpaired) electrons. The smallest absolute Gasteiger partial charge is 0.203 e. The van der Waals surface area contributed by atoms with Crippen molar-refractivity contribution in [3.05, 3.63) is 23.8 Å². The molecule has 1 saturated carbocycles. The minimum atomic E-state index is -0.172. The Bertz CT molecular complexity index is 717. The van der Waals surface area contributed by atoms with Crippen molar-refractivity contribution < 1.29 is 5.11 Å². The van der Waals surface area contributed by atoms with Gasteiger partial charge in [-0.3, -0.25) is 0 Å². The summed E-state index contributed by atoms with van der Waals surface area (Å²) in [5, 5.41) is 13.2. The molecule has 0 bridgehead atoms. The molecule has 0 amide bonds. The predicted molar refractivity (Wildman–Crippen MR) is 97.6 cm³/mol. The maximum atomic E-state index is 9.96. The third-order valence-electron chi connectivity index (χ3n) is 5.87. The van der Waals surface area contributed by atoms with Gasteiger partial charge in [0.25, 0.3) is 0 Å². The van der Waals surface area contributed by atoms with Gasteiger partial charge in [0.05, 0.1) is 17.1 Å². The van der Waals surface area contributed by atoms with Crippen LogP contribution in [0.25, 0.3) is 11.0 Å². The van der Waals surface area contributed by atoms with Gasteiger partial charge in [0.15, 0.2) is 0 Å². The average molecular weight is 328 g/mol. The van der Waals surface area contributed by atoms with E-state index in [0.717, 1.165) is 30.7 Å². The minimum Gasteiger partial charge on any atom is -0.393 e. The molecule has 4 rings (SSSR count). The van der Waals surface area contributed by atoms with E-state index in [2.05, 4.69) is 40.0 Å². The third kappa shape index (κ3) is 2.80. The molecule has 2 heterocycles. The van der Waals surface area contributed by atoms with Crippen LogP contribution in [0.5, 0.6) is 0 Å². The van der Waals surface area contributed by atoms with Crippen LogP contribution in [0.3, 0.4) is 0 Å². The first-order valence-corrected chi connectivity index (χ1v) is 9.22. The van der Waals surface area contributed by atoms with Gasteiger partial charge in [0.2, 0.25) is 5.95 Å². The second-order valence-electron chi connectivity index (χ2n) is 7.50. The lowest BCUT2D eigenvalue weighted by atomic mass is 9.89. The highest BCUT2D eigenvalue weighted by atomic mass is 16.3. The van der Waals surface area contributed by atoms with Crippen LogP contribution in [-0.2, 0) is 0 Å². The Labute approximate surface area is 143 Å². The Morgan fingerprint density at radius 3 is 2.62 bits per heavy atom. The Hall–Kier alpha value is -1.59. The zero-order valence-corrected chi connectivity index (χ0v) is 14.7. The number of aliphatic hydroxyl groups excluding tert-OH is 1. The van der Waals surface area contributed by atoms with E-state index in [0.29, 0.717) is 12.0 Å². The van der Waals surface area contributed by atoms with E-state index in [-0.39, 0.29) is 6.10 Å². The van der Waals surface area contributed by atoms with Crippen LogP contribution >= 0.6 is 0 Å². The summed E-state index contributed by atoms with van der Waals surface area (Å²) in [4.78, 5) is 7.18. The summed E-state index contributed by atoms with van der Waals surface area (Å²) in [5.74, 6) is 1.57. The van der Waals surface area contributed by atoms with Crippen LogP contribution in [0.1, 0.15) is 49.6 Å². The third-order valence-corrected chi connectivity index (χ3v) is 5.87. The van der Waals surface area contributed by atoms with Crippen molar-refractivity contribution in [2.24, 2.45) is 0 Å². The normalized spacial score (nSPS) is 26.3. The second kappa shape index (κ2) is 6.37. The van der Waals surface area contributed by atoms with Crippen LogP contribution in [0.4, 0.5) is 5.95 Å². The molecule has 5 nitrogen and oxygen atoms in total. The number of anilines is 1. The van der Waals surface area contributed by atoms with Gasteiger partial charge >= 0.3 is 0 Å². The number of hydrogen-bond acceptors (Lipinski definition) is 4. The van der Waals surface area contributed by atoms with Gasteiger partial charge in [-0.25, -0.2) is 4.98 Å². The number of nitrogens with one attached hydrogen (secondary N) is 1. The summed E-state index contributed by atoms with van der Waals surface area (Å²) in [6.45, 7) is 2.36. The topological polar surface area (TPSA) is 53.3 Å². The van der Waals surface area contributed by atoms with E-state index in [1.54, 1.807) is 0 Å². The van der Waals surface area contributed by atoms with Gasteiger partial charge < -0.3 is 19.9 Å². The van der Waals surface area contributed by atoms with Gasteiger partial charge in [-0.15, -0.1) is 0 Å². The van der Waals surface area contributed by atoms with Gasteiger partial charge in [0.1, 0.15) is 0 Å². The molecular formula is C19H28N4O. The Kier molecular flexibility index (Phi) is 4.22. The quantitative estimate of drug-likeness (QED) is 0.909. The minimum absolute atomic E-state index is 0.172. The summed E-state index contributed by atoms with van der Waals surface area (Å²) in [5.41, 5.74) is 3.71. The zero-order chi connectivity index (χ0) is 16.7. The van der Waals surface area contributed by atoms with Crippen molar-refractivity contribution in [2.75, 3.05) is 32.5 Å². The molecule has 1 aliphatic heterocycles. The molecule has 2 fully saturated rings. The number of fused-ring (bicyclic) bond motifs is 1. The fourth-order valence-corrected chi connectivity index (χ4v) is 4.42. The van der Waals surface area contributed by atoms with E-state index in [9.17, 15) is 5.11 Å². The second-order valence-corrected chi connectivity index (χ2v) is 7.50. The van der Waals surface area contributed by atoms with Crippen molar-refractivity contribution in [2.45, 2.75) is 50.2 Å². The first kappa shape index (κ1) is 15.9. The molecule has 1 saturated heterocycles. The fourth-order valence-electron chi connectivity index (χ4n) is 4.42. The van der Waals surface area contributed by atoms with Crippen molar-refractivity contribution >= 4 is 17.0 Å². The molecule has 2 atom stereocenters. The summed E-state index contributed by atoms with van der Waals surface area (Å²) < 4.78 is 2.32. The van der Waals surface area contributed by atoms with Crippen LogP contribution in [0, 0.1) is 0 Å². The molecule has 1 aliphatic carbocycles. The molecule has 2 N–H and O–H groups in total. The van der Waals surface area contributed by atoms with Gasteiger partial charge in [-0.1, -0.05) is 6.07 Å². The maximum absolute atomic E-state index is 9.96. The SMILES string of the molecule is CNc1nc2ccc(C3CCN(C)CC3)cc2n1C1CC[C@@H](O)C1. The summed E-state index contributed by atoms with van der Waals surface area (Å²) in [7, 11) is 4.14. The molecule has 5 heteroatoms. The highest BCUT2D eigenvalue weighted by Gasteiger charge is 2.28. The van der Waals surface area contributed by atoms with E-state index >= 15 is 0 Å². The fraction of sp³-hybridized carbons (Fsp3) is 0.632. The van der Waals surface area contributed by atoms with Gasteiger partial charge in [0, 0.05) is 13.1 Å². The standard InChI is InChI=1S/C19H28N4O/c1-20-19-21-17-6-3-14(13-7-9-22(2)10-8-13)11-18(17)23(19)15-4-5-16(24)12-15/h3,6,11,13,15-16,24H,4-5,7-10,12H2,1-2H3,(H,20,21)/t15?,16-/m1/s1. The Morgan fingerprint density at radius 2 is 1.96 bits per heavy atom. The number of piperidine rings is 1. The van der Waals surface area contributed by atoms with E-state index in [1.165, 1.54) is 37.0 Å². The lowest BCUT2D eigenvalue weighted by molar-refractivity contribution is 0.178. The summed E-state index contributed by atoms with van der Waals surface area (Å²) in [6.07, 6.45) is 5.05. The number of benzene rings is 1. The average Bonchev–Trinajstić information content (AvgIpc) is 3.17. The molecule has 130 valence electrons. The maximum Gasteiger partial charge on any atom is 0.203 e. The van der Waals surface area contributed by atoms with Crippen LogP contribution in [0.15, 0.2) is 18.2 Å². The lowest BCUT2D eigenvalue weighted by Crippen LogP contribution is -2.29. The molecule has 1 aromatic heterocycles. The number of aromatic nitrogens is 2. The zero-order valence-electron chi connectivity index (χ0n) is 14.7. The Balaban J connectivity index is 1.72. The number of rotatable bonds is 3. The molecule has 1 unspecified atom stereocenters. The molecule has 1 aromatic carbocycles. The van der Waals surface area contributed by atoms with Crippen molar-refractivity contribution in [3.63, 3.8) is 0 Å². The molecule has 2 aliphatic rings. The van der Waals surface area contributed by atoms with E-state index in [4.69, 9.17) is 4.98 Å². The van der Waals surface area contributed by atoms with Crippen molar-refractivity contribution in [1.82, 2.24) is 14.5 Å². The van der Waals surface area contributed by atoms with E-state index in [1.807, 2.05) is 7.05 Å². The summed E-state index contributed by atoms with van der Waals surface area (Å²) >= 11 is 0. The largest absolute Gasteiger partial charge is 0.393 e. The predicted octanol–water partition coefficient (Wildman–Crippen LogP) is 2.97. The van der Waals surface area contributed by atoms with Crippen LogP contribution < -0.4 is 5.32 Å². The highest BCUT2D eigenvalue weighted by molar-refractivity contribution is 5.80. The number of nitrogens with zero attached hydrogens (tertiary/aromatic N) is 3. The highest BCUT2D eigenvalue weighted by Crippen LogP contribution is 2.37. The molecule has 0 spiro atoms. The molecule has 2 aromatic rings. The van der Waals surface area contributed by atoms with Gasteiger partial charge in [-0.05, 0) is 75.9 Å². The number of aliphatic hydroxyl groups is 1. The van der Waals surface area contributed by atoms with Crippen LogP contribution in [0.2, 0.25) is 0 Å². The van der Waals surface area contributed by atoms with Crippen LogP contribution in [-0.4, -0.2) is 52.8 Å². The summed E-state index contributed by atoms with van der Waals surface area (Å²) in [6, 6.07) is 7.13. The monoisotopic (exact) mass is 328 g/mol. The molecular weight excluding hydrogens is 300 g/mol. The first-order valence-electron chi connectivity index (χ1n) is 9.22. The number of likely N-dealkylation sites (tertiary alicyclic amines) is 1. The molecule has 24 heavy (non-hydrogen) atoms. The van der Waals surface area contributed by atoms with Crippen molar-refractivity contribution in [1.29, 1.82) is 0 Å². The van der Waals surface area contributed by atoms with Crippen molar-refractivity contribution in [3.8, 4) is 0 Å². The number of imidazole rings is 1.